The van der Waals surface area contributed by atoms with Crippen molar-refractivity contribution < 1.29 is 24.8 Å². The third kappa shape index (κ3) is 8.22. The van der Waals surface area contributed by atoms with E-state index in [1.54, 1.807) is 6.07 Å². The molecule has 2 fully saturated rings. The van der Waals surface area contributed by atoms with E-state index in [9.17, 15) is 15.3 Å². The SMILES string of the molecule is CCCCC1[OH+][C-](CCc2ccc(O)c(OCC3(C4=C[C+](C(CNCC(C)O)C5CCCC5)C=N4)CCCC3)c2)C=C1CO. The lowest BCUT2D eigenvalue weighted by Crippen LogP contribution is -2.35. The Morgan fingerprint density at radius 3 is 2.70 bits per heavy atom. The summed E-state index contributed by atoms with van der Waals surface area (Å²) in [4.78, 5) is 5.01. The number of phenols is 1. The number of aryl methyl sites for hydroxylation is 1. The third-order valence-corrected chi connectivity index (χ3v) is 10.3. The molecular weight excluding hydrogens is 552 g/mol. The molecule has 44 heavy (non-hydrogen) atoms. The smallest absolute Gasteiger partial charge is 0.184 e. The second-order valence-electron chi connectivity index (χ2n) is 13.7. The minimum absolute atomic E-state index is 0.0706. The number of allylic oxidation sites excluding steroid dienone is 1. The molecule has 2 aliphatic heterocycles. The number of phenolic OH excluding ortho intramolecular Hbond substituents is 1. The summed E-state index contributed by atoms with van der Waals surface area (Å²) in [7, 11) is 0. The van der Waals surface area contributed by atoms with Crippen LogP contribution in [0.15, 0.2) is 46.6 Å². The van der Waals surface area contributed by atoms with Crippen molar-refractivity contribution in [2.75, 3.05) is 26.3 Å². The molecule has 0 spiro atoms. The van der Waals surface area contributed by atoms with Gasteiger partial charge in [0.05, 0.1) is 18.1 Å². The number of rotatable bonds is 17. The number of unbranched alkanes of at least 4 members (excludes halogenated alkanes) is 1. The fourth-order valence-electron chi connectivity index (χ4n) is 7.64. The van der Waals surface area contributed by atoms with Crippen molar-refractivity contribution in [3.05, 3.63) is 59.2 Å². The molecule has 0 bridgehead atoms. The van der Waals surface area contributed by atoms with Crippen molar-refractivity contribution in [1.29, 1.82) is 0 Å². The van der Waals surface area contributed by atoms with E-state index in [0.717, 1.165) is 87.3 Å². The molecule has 1 aromatic carbocycles. The number of hydrogen-bond acceptors (Lipinski definition) is 6. The third-order valence-electron chi connectivity index (χ3n) is 10.3. The van der Waals surface area contributed by atoms with Crippen LogP contribution in [0.3, 0.4) is 0 Å². The van der Waals surface area contributed by atoms with E-state index >= 15 is 0 Å². The zero-order valence-corrected chi connectivity index (χ0v) is 26.9. The monoisotopic (exact) mass is 607 g/mol. The van der Waals surface area contributed by atoms with Crippen molar-refractivity contribution >= 4 is 6.21 Å². The Hall–Kier alpha value is -2.45. The molecule has 0 radical (unpaired) electrons. The number of ether oxygens (including phenoxy) is 2. The molecule has 5 rings (SSSR count). The van der Waals surface area contributed by atoms with E-state index in [1.807, 2.05) is 19.1 Å². The van der Waals surface area contributed by atoms with Crippen molar-refractivity contribution in [2.24, 2.45) is 22.2 Å². The number of aliphatic hydroxyl groups excluding tert-OH is 2. The first-order chi connectivity index (χ1) is 21.4. The maximum atomic E-state index is 10.7. The predicted octanol–water partition coefficient (Wildman–Crippen LogP) is 6.13. The molecule has 0 saturated heterocycles. The van der Waals surface area contributed by atoms with E-state index in [4.69, 9.17) is 14.5 Å². The first-order valence-electron chi connectivity index (χ1n) is 17.3. The molecule has 2 heterocycles. The molecule has 4 aliphatic rings. The molecule has 0 amide bonds. The zero-order valence-electron chi connectivity index (χ0n) is 26.9. The maximum Gasteiger partial charge on any atom is 0.184 e. The lowest BCUT2D eigenvalue weighted by Gasteiger charge is -2.25. The second kappa shape index (κ2) is 15.7. The number of aliphatic imine (C=N–C) groups is 1. The summed E-state index contributed by atoms with van der Waals surface area (Å²) in [5.41, 5.74) is 3.11. The van der Waals surface area contributed by atoms with Crippen LogP contribution in [0.5, 0.6) is 11.5 Å². The Morgan fingerprint density at radius 2 is 1.98 bits per heavy atom. The molecule has 3 atom stereocenters. The highest BCUT2D eigenvalue weighted by molar-refractivity contribution is 5.83. The molecule has 5 N–H and O–H groups in total. The summed E-state index contributed by atoms with van der Waals surface area (Å²) in [5.74, 6) is 3.09. The van der Waals surface area contributed by atoms with Crippen LogP contribution >= 0.6 is 0 Å². The van der Waals surface area contributed by atoms with E-state index in [1.165, 1.54) is 31.6 Å². The van der Waals surface area contributed by atoms with Gasteiger partial charge in [0, 0.05) is 26.1 Å². The molecule has 1 aromatic rings. The molecule has 7 heteroatoms. The lowest BCUT2D eigenvalue weighted by atomic mass is 9.78. The van der Waals surface area contributed by atoms with Gasteiger partial charge in [-0.15, -0.1) is 16.6 Å². The predicted molar refractivity (Wildman–Crippen MR) is 177 cm³/mol. The van der Waals surface area contributed by atoms with Crippen molar-refractivity contribution in [3.63, 3.8) is 0 Å². The van der Waals surface area contributed by atoms with Gasteiger partial charge in [-0.05, 0) is 75.5 Å². The highest BCUT2D eigenvalue weighted by Crippen LogP contribution is 2.49. The highest BCUT2D eigenvalue weighted by atomic mass is 16.5. The molecule has 3 unspecified atom stereocenters. The van der Waals surface area contributed by atoms with Gasteiger partial charge in [-0.3, -0.25) is 0 Å². The Morgan fingerprint density at radius 1 is 1.18 bits per heavy atom. The Labute approximate surface area is 264 Å². The fourth-order valence-corrected chi connectivity index (χ4v) is 7.64. The summed E-state index contributed by atoms with van der Waals surface area (Å²) in [6, 6.07) is 5.69. The summed E-state index contributed by atoms with van der Waals surface area (Å²) >= 11 is 0. The van der Waals surface area contributed by atoms with Crippen LogP contribution < -0.4 is 10.1 Å². The van der Waals surface area contributed by atoms with Gasteiger partial charge in [0.25, 0.3) is 0 Å². The van der Waals surface area contributed by atoms with Crippen molar-refractivity contribution in [1.82, 2.24) is 5.32 Å². The van der Waals surface area contributed by atoms with Gasteiger partial charge in [-0.1, -0.05) is 45.1 Å². The van der Waals surface area contributed by atoms with Gasteiger partial charge in [0.1, 0.15) is 36.3 Å². The topological polar surface area (TPSA) is 107 Å². The van der Waals surface area contributed by atoms with Crippen molar-refractivity contribution in [2.45, 2.75) is 110 Å². The molecule has 2 aliphatic carbocycles. The first-order valence-corrected chi connectivity index (χ1v) is 17.3. The molecular formula is C37H55N2O5+. The van der Waals surface area contributed by atoms with Gasteiger partial charge in [-0.2, -0.15) is 0 Å². The van der Waals surface area contributed by atoms with Gasteiger partial charge < -0.3 is 30.1 Å². The van der Waals surface area contributed by atoms with Crippen molar-refractivity contribution in [3.8, 4) is 11.5 Å². The minimum atomic E-state index is -0.350. The van der Waals surface area contributed by atoms with Crippen LogP contribution in [0.1, 0.15) is 96.5 Å². The van der Waals surface area contributed by atoms with Crippen LogP contribution in [0.2, 0.25) is 0 Å². The average Bonchev–Trinajstić information content (AvgIpc) is 3.84. The summed E-state index contributed by atoms with van der Waals surface area (Å²) in [5, 5.41) is 33.8. The highest BCUT2D eigenvalue weighted by Gasteiger charge is 2.48. The molecule has 2 saturated carbocycles. The van der Waals surface area contributed by atoms with Crippen LogP contribution in [0.4, 0.5) is 0 Å². The second-order valence-corrected chi connectivity index (χ2v) is 13.7. The standard InChI is InChI=1S/C37H54N2O5/c1-3-4-11-34-30(24-40)19-31(44-34)14-12-27-13-15-33(42)35(18-27)43-25-37(16-7-8-17-37)36-20-29(22-39-36)32(23-38-21-26(2)41)28-9-5-6-10-28/h13,15,18-20,22,26,28,32,34,38,40-41,44H,3-12,14,16-17,21,23-25H2,1-2H3/p+1. The van der Waals surface area contributed by atoms with Gasteiger partial charge in [0.2, 0.25) is 0 Å². The summed E-state index contributed by atoms with van der Waals surface area (Å²) in [6.07, 6.45) is 21.7. The van der Waals surface area contributed by atoms with E-state index in [0.29, 0.717) is 30.7 Å². The minimum Gasteiger partial charge on any atom is -0.504 e. The maximum absolute atomic E-state index is 10.7. The fraction of sp³-hybridized carbons (Fsp3) is 0.649. The van der Waals surface area contributed by atoms with E-state index in [2.05, 4.69) is 30.6 Å². The normalized spacial score (nSPS) is 23.0. The lowest BCUT2D eigenvalue weighted by molar-refractivity contribution is -0.0550. The largest absolute Gasteiger partial charge is 0.504 e. The van der Waals surface area contributed by atoms with E-state index in [-0.39, 0.29) is 30.0 Å². The zero-order chi connectivity index (χ0) is 30.9. The summed E-state index contributed by atoms with van der Waals surface area (Å²) < 4.78 is 11.3. The summed E-state index contributed by atoms with van der Waals surface area (Å²) in [6.45, 7) is 6.06. The Balaban J connectivity index is 1.22. The number of nitrogens with zero attached hydrogens (tertiary/aromatic N) is 1. The van der Waals surface area contributed by atoms with Gasteiger partial charge >= 0.3 is 0 Å². The number of aromatic hydroxyl groups is 1. The van der Waals surface area contributed by atoms with Gasteiger partial charge in [0.15, 0.2) is 17.2 Å². The van der Waals surface area contributed by atoms with Crippen LogP contribution in [-0.4, -0.2) is 64.8 Å². The van der Waals surface area contributed by atoms with Crippen LogP contribution in [0, 0.1) is 29.3 Å². The Kier molecular flexibility index (Phi) is 11.8. The van der Waals surface area contributed by atoms with Gasteiger partial charge in [-0.25, -0.2) is 0 Å². The molecule has 7 nitrogen and oxygen atoms in total. The quantitative estimate of drug-likeness (QED) is 0.126. The number of benzene rings is 1. The number of aliphatic hydroxyl groups is 4. The molecule has 242 valence electrons. The number of hydrogen-bond donors (Lipinski definition) is 4. The van der Waals surface area contributed by atoms with Crippen LogP contribution in [0.25, 0.3) is 0 Å². The Bertz CT molecular complexity index is 1150. The van der Waals surface area contributed by atoms with Crippen LogP contribution in [-0.2, 0) is 6.42 Å². The first kappa shape index (κ1) is 32.9. The average molecular weight is 608 g/mol. The molecule has 0 aromatic heterocycles. The number of nitrogens with one attached hydrogen (secondary N) is 1. The van der Waals surface area contributed by atoms with E-state index < -0.39 is 0 Å².